The number of hydrogen-bond acceptors (Lipinski definition) is 4. The number of methoxy groups -OCH3 is 1. The minimum absolute atomic E-state index is 0.244. The van der Waals surface area contributed by atoms with E-state index in [1.807, 2.05) is 0 Å². The minimum atomic E-state index is -0.328. The summed E-state index contributed by atoms with van der Waals surface area (Å²) in [5, 5.41) is 3.12. The third-order valence-electron chi connectivity index (χ3n) is 2.55. The predicted octanol–water partition coefficient (Wildman–Crippen LogP) is 2.12. The van der Waals surface area contributed by atoms with Gasteiger partial charge in [0.15, 0.2) is 0 Å². The normalized spacial score (nSPS) is 12.4. The molecule has 0 fully saturated rings. The summed E-state index contributed by atoms with van der Waals surface area (Å²) in [6.45, 7) is 6.18. The first-order chi connectivity index (χ1) is 8.26. The Labute approximate surface area is 105 Å². The third kappa shape index (κ3) is 9.12. The van der Waals surface area contributed by atoms with Gasteiger partial charge in [-0.3, -0.25) is 4.79 Å². The number of carbonyl (C=O) groups excluding carboxylic acids is 1. The number of nitrogens with one attached hydrogen (secondary N) is 1. The van der Waals surface area contributed by atoms with Gasteiger partial charge in [0, 0.05) is 6.61 Å². The molecule has 0 aliphatic heterocycles. The molecule has 0 heterocycles. The smallest absolute Gasteiger partial charge is 0.325 e. The molecule has 17 heavy (non-hydrogen) atoms. The van der Waals surface area contributed by atoms with E-state index in [-0.39, 0.29) is 12.0 Å². The summed E-state index contributed by atoms with van der Waals surface area (Å²) in [6, 6.07) is -0.328. The van der Waals surface area contributed by atoms with Crippen LogP contribution in [-0.4, -0.2) is 38.9 Å². The average Bonchev–Trinajstić information content (AvgIpc) is 2.36. The Morgan fingerprint density at radius 3 is 2.53 bits per heavy atom. The monoisotopic (exact) mass is 245 g/mol. The van der Waals surface area contributed by atoms with Gasteiger partial charge in [-0.15, -0.1) is 0 Å². The van der Waals surface area contributed by atoms with E-state index >= 15 is 0 Å². The van der Waals surface area contributed by atoms with E-state index in [9.17, 15) is 4.79 Å². The Kier molecular flexibility index (Phi) is 11.4. The maximum atomic E-state index is 11.4. The van der Waals surface area contributed by atoms with Crippen molar-refractivity contribution in [3.63, 3.8) is 0 Å². The molecule has 4 nitrogen and oxygen atoms in total. The predicted molar refractivity (Wildman–Crippen MR) is 69.1 cm³/mol. The van der Waals surface area contributed by atoms with Crippen molar-refractivity contribution in [1.29, 1.82) is 0 Å². The van der Waals surface area contributed by atoms with E-state index in [4.69, 9.17) is 9.47 Å². The fourth-order valence-corrected chi connectivity index (χ4v) is 1.50. The van der Waals surface area contributed by atoms with Crippen molar-refractivity contribution in [2.24, 2.45) is 0 Å². The van der Waals surface area contributed by atoms with Crippen molar-refractivity contribution in [3.05, 3.63) is 0 Å². The maximum Gasteiger partial charge on any atom is 0.325 e. The summed E-state index contributed by atoms with van der Waals surface area (Å²) in [4.78, 5) is 11.4. The van der Waals surface area contributed by atoms with Gasteiger partial charge in [-0.1, -0.05) is 33.1 Å². The molecule has 0 rings (SSSR count). The largest absolute Gasteiger partial charge is 0.468 e. The van der Waals surface area contributed by atoms with Crippen molar-refractivity contribution in [2.75, 3.05) is 26.9 Å². The van der Waals surface area contributed by atoms with Gasteiger partial charge >= 0.3 is 5.97 Å². The molecule has 0 aliphatic carbocycles. The number of unbranched alkanes of at least 4 members (excludes halogenated alkanes) is 3. The van der Waals surface area contributed by atoms with E-state index in [1.165, 1.54) is 26.4 Å². The molecular weight excluding hydrogens is 218 g/mol. The van der Waals surface area contributed by atoms with Gasteiger partial charge in [0.2, 0.25) is 0 Å². The first-order valence-corrected chi connectivity index (χ1v) is 6.65. The lowest BCUT2D eigenvalue weighted by atomic mass is 10.2. The molecule has 0 saturated heterocycles. The lowest BCUT2D eigenvalue weighted by Gasteiger charge is -2.16. The first-order valence-electron chi connectivity index (χ1n) is 6.65. The zero-order chi connectivity index (χ0) is 12.9. The summed E-state index contributed by atoms with van der Waals surface area (Å²) in [5.74, 6) is -0.244. The van der Waals surface area contributed by atoms with Gasteiger partial charge in [-0.25, -0.2) is 0 Å². The first kappa shape index (κ1) is 16.4. The molecule has 1 N–H and O–H groups in total. The number of ether oxygens (including phenoxy) is 2. The number of esters is 1. The van der Waals surface area contributed by atoms with E-state index < -0.39 is 0 Å². The number of carbonyl (C=O) groups is 1. The molecule has 0 aromatic rings. The fourth-order valence-electron chi connectivity index (χ4n) is 1.50. The van der Waals surface area contributed by atoms with Crippen LogP contribution in [0.1, 0.15) is 46.0 Å². The second kappa shape index (κ2) is 11.9. The SMILES string of the molecule is CCCCCCOCC(NCCC)C(=O)OC. The summed E-state index contributed by atoms with van der Waals surface area (Å²) in [5.41, 5.74) is 0. The summed E-state index contributed by atoms with van der Waals surface area (Å²) in [7, 11) is 1.41. The van der Waals surface area contributed by atoms with Gasteiger partial charge in [0.1, 0.15) is 6.04 Å². The zero-order valence-corrected chi connectivity index (χ0v) is 11.5. The fraction of sp³-hybridized carbons (Fsp3) is 0.923. The van der Waals surface area contributed by atoms with Gasteiger partial charge in [-0.05, 0) is 19.4 Å². The number of hydrogen-bond donors (Lipinski definition) is 1. The second-order valence-electron chi connectivity index (χ2n) is 4.17. The van der Waals surface area contributed by atoms with Crippen LogP contribution < -0.4 is 5.32 Å². The number of rotatable bonds is 11. The van der Waals surface area contributed by atoms with E-state index in [1.54, 1.807) is 0 Å². The molecule has 102 valence electrons. The van der Waals surface area contributed by atoms with Crippen molar-refractivity contribution in [1.82, 2.24) is 5.32 Å². The van der Waals surface area contributed by atoms with Crippen LogP contribution in [0.5, 0.6) is 0 Å². The van der Waals surface area contributed by atoms with Gasteiger partial charge in [0.25, 0.3) is 0 Å². The lowest BCUT2D eigenvalue weighted by molar-refractivity contribution is -0.144. The standard InChI is InChI=1S/C13H27NO3/c1-4-6-7-8-10-17-11-12(13(15)16-3)14-9-5-2/h12,14H,4-11H2,1-3H3. The van der Waals surface area contributed by atoms with Crippen LogP contribution in [0, 0.1) is 0 Å². The Hall–Kier alpha value is -0.610. The van der Waals surface area contributed by atoms with E-state index in [0.29, 0.717) is 6.61 Å². The van der Waals surface area contributed by atoms with Crippen molar-refractivity contribution in [2.45, 2.75) is 52.0 Å². The van der Waals surface area contributed by atoms with Crippen LogP contribution in [0.2, 0.25) is 0 Å². The quantitative estimate of drug-likeness (QED) is 0.447. The van der Waals surface area contributed by atoms with Crippen LogP contribution >= 0.6 is 0 Å². The molecule has 4 heteroatoms. The lowest BCUT2D eigenvalue weighted by Crippen LogP contribution is -2.41. The van der Waals surface area contributed by atoms with Gasteiger partial charge in [-0.2, -0.15) is 0 Å². The second-order valence-corrected chi connectivity index (χ2v) is 4.17. The van der Waals surface area contributed by atoms with E-state index in [2.05, 4.69) is 19.2 Å². The third-order valence-corrected chi connectivity index (χ3v) is 2.55. The molecule has 1 atom stereocenters. The summed E-state index contributed by atoms with van der Waals surface area (Å²) in [6.07, 6.45) is 5.72. The summed E-state index contributed by atoms with van der Waals surface area (Å²) >= 11 is 0. The summed E-state index contributed by atoms with van der Waals surface area (Å²) < 4.78 is 10.2. The van der Waals surface area contributed by atoms with Crippen LogP contribution in [0.3, 0.4) is 0 Å². The molecular formula is C13H27NO3. The van der Waals surface area contributed by atoms with Gasteiger partial charge in [0.05, 0.1) is 13.7 Å². The topological polar surface area (TPSA) is 47.6 Å². The maximum absolute atomic E-state index is 11.4. The van der Waals surface area contributed by atoms with E-state index in [0.717, 1.165) is 26.0 Å². The highest BCUT2D eigenvalue weighted by molar-refractivity contribution is 5.75. The average molecular weight is 245 g/mol. The van der Waals surface area contributed by atoms with Crippen LogP contribution in [0.4, 0.5) is 0 Å². The molecule has 1 unspecified atom stereocenters. The molecule has 0 aromatic heterocycles. The Bertz CT molecular complexity index is 186. The molecule has 0 amide bonds. The molecule has 0 saturated carbocycles. The van der Waals surface area contributed by atoms with Crippen LogP contribution in [-0.2, 0) is 14.3 Å². The molecule has 0 bridgehead atoms. The van der Waals surface area contributed by atoms with Crippen molar-refractivity contribution >= 4 is 5.97 Å². The van der Waals surface area contributed by atoms with Crippen molar-refractivity contribution < 1.29 is 14.3 Å². The van der Waals surface area contributed by atoms with Gasteiger partial charge < -0.3 is 14.8 Å². The minimum Gasteiger partial charge on any atom is -0.468 e. The van der Waals surface area contributed by atoms with Crippen LogP contribution in [0.15, 0.2) is 0 Å². The highest BCUT2D eigenvalue weighted by atomic mass is 16.5. The van der Waals surface area contributed by atoms with Crippen LogP contribution in [0.25, 0.3) is 0 Å². The molecule has 0 aliphatic rings. The Morgan fingerprint density at radius 2 is 1.94 bits per heavy atom. The highest BCUT2D eigenvalue weighted by Gasteiger charge is 2.17. The molecule has 0 radical (unpaired) electrons. The zero-order valence-electron chi connectivity index (χ0n) is 11.5. The van der Waals surface area contributed by atoms with Crippen molar-refractivity contribution in [3.8, 4) is 0 Å². The Balaban J connectivity index is 3.64. The Morgan fingerprint density at radius 1 is 1.18 bits per heavy atom. The molecule has 0 spiro atoms. The molecule has 0 aromatic carbocycles. The highest BCUT2D eigenvalue weighted by Crippen LogP contribution is 1.99.